The Hall–Kier alpha value is -11.7. The number of fused-ring (bicyclic) bond motifs is 3. The summed E-state index contributed by atoms with van der Waals surface area (Å²) in [5, 5.41) is 10.7. The van der Waals surface area contributed by atoms with Gasteiger partial charge in [-0.05, 0) is 182 Å². The van der Waals surface area contributed by atoms with Crippen LogP contribution >= 0.6 is 15.9 Å². The van der Waals surface area contributed by atoms with Crippen molar-refractivity contribution in [2.75, 3.05) is 46.3 Å². The zero-order valence-corrected chi connectivity index (χ0v) is 71.6. The van der Waals surface area contributed by atoms with E-state index in [-0.39, 0.29) is 93.5 Å². The van der Waals surface area contributed by atoms with E-state index in [1.165, 1.54) is 58.2 Å². The lowest BCUT2D eigenvalue weighted by Crippen LogP contribution is -2.55. The molecule has 6 aliphatic heterocycles. The van der Waals surface area contributed by atoms with Crippen molar-refractivity contribution in [2.45, 2.75) is 87.6 Å². The number of carbonyl (C=O) groups excluding carboxylic acids is 9. The summed E-state index contributed by atoms with van der Waals surface area (Å²) >= 11 is 3.39. The Labute approximate surface area is 725 Å². The summed E-state index contributed by atoms with van der Waals surface area (Å²) in [6.45, 7) is 20.8. The van der Waals surface area contributed by atoms with Crippen molar-refractivity contribution in [3.05, 3.63) is 302 Å². The second kappa shape index (κ2) is 40.8. The monoisotopic (exact) mass is 1720 g/mol. The number of nitrogens with one attached hydrogen (secondary N) is 4. The van der Waals surface area contributed by atoms with E-state index >= 15 is 0 Å². The summed E-state index contributed by atoms with van der Waals surface area (Å²) in [4.78, 5) is 132. The number of ether oxygens (including phenoxy) is 2. The summed E-state index contributed by atoms with van der Waals surface area (Å²) in [5.74, 6) is -4.15. The molecular formula is C85H79B9BrF3N11O11Si2. The maximum absolute atomic E-state index is 14.0. The minimum Gasteiger partial charge on any atom is -0.361 e. The number of benzene rings is 6. The van der Waals surface area contributed by atoms with Gasteiger partial charge in [0.1, 0.15) is 30.9 Å². The fourth-order valence-electron chi connectivity index (χ4n) is 13.9. The van der Waals surface area contributed by atoms with Gasteiger partial charge in [0.2, 0.25) is 0 Å². The third-order valence-electron chi connectivity index (χ3n) is 20.5. The zero-order valence-electron chi connectivity index (χ0n) is 68.0. The Bertz CT molecular complexity index is 5540. The molecule has 0 spiro atoms. The van der Waals surface area contributed by atoms with Crippen LogP contribution in [0.15, 0.2) is 234 Å². The minimum atomic E-state index is -1.52. The van der Waals surface area contributed by atoms with Gasteiger partial charge in [-0.3, -0.25) is 44.1 Å². The molecule has 3 atom stereocenters. The van der Waals surface area contributed by atoms with E-state index < -0.39 is 98.8 Å². The average molecular weight is 1720 g/mol. The number of carbonyl (C=O) groups is 9. The summed E-state index contributed by atoms with van der Waals surface area (Å²) in [6, 6.07) is 41.3. The largest absolute Gasteiger partial charge is 0.361 e. The lowest BCUT2D eigenvalue weighted by atomic mass is 8.64. The molecule has 8 heterocycles. The van der Waals surface area contributed by atoms with E-state index in [2.05, 4.69) is 140 Å². The van der Waals surface area contributed by atoms with Crippen LogP contribution < -0.4 is 21.3 Å². The molecule has 122 heavy (non-hydrogen) atoms. The van der Waals surface area contributed by atoms with E-state index in [9.17, 15) is 56.3 Å². The van der Waals surface area contributed by atoms with Crippen LogP contribution in [0.25, 0.3) is 22.3 Å². The molecule has 3 saturated heterocycles. The first kappa shape index (κ1) is 92.5. The first-order valence-electron chi connectivity index (χ1n) is 38.5. The number of aromatic nitrogens is 2. The fourth-order valence-corrected chi connectivity index (χ4v) is 15.7. The molecular weight excluding hydrogens is 1640 g/mol. The molecule has 0 saturated carbocycles. The van der Waals surface area contributed by atoms with Crippen LogP contribution in [-0.2, 0) is 60.1 Å². The van der Waals surface area contributed by atoms with Crippen LogP contribution in [0.2, 0.25) is 51.4 Å². The molecule has 2 aromatic heterocycles. The van der Waals surface area contributed by atoms with Crippen molar-refractivity contribution in [1.29, 1.82) is 0 Å². The number of hydrogen-bond acceptors (Lipinski definition) is 13. The Kier molecular flexibility index (Phi) is 30.9. The number of pyridine rings is 2. The van der Waals surface area contributed by atoms with Crippen LogP contribution in [0.5, 0.6) is 0 Å². The molecule has 0 bridgehead atoms. The summed E-state index contributed by atoms with van der Waals surface area (Å²) in [7, 11) is 24.8. The van der Waals surface area contributed by atoms with Crippen LogP contribution in [0.3, 0.4) is 0 Å². The molecule has 37 heteroatoms. The third kappa shape index (κ3) is 22.5. The summed E-state index contributed by atoms with van der Waals surface area (Å²) < 4.78 is 53.4. The van der Waals surface area contributed by atoms with E-state index in [0.29, 0.717) is 46.6 Å². The molecule has 4 N–H and O–H groups in total. The highest BCUT2D eigenvalue weighted by Crippen LogP contribution is 2.39. The first-order chi connectivity index (χ1) is 58.0. The highest BCUT2D eigenvalue weighted by atomic mass is 79.9. The predicted octanol–water partition coefficient (Wildman–Crippen LogP) is 9.95. The fraction of sp³-hybridized carbons (Fsp3) is 0.247. The van der Waals surface area contributed by atoms with Crippen LogP contribution in [0.1, 0.15) is 64.5 Å². The Balaban J connectivity index is 0.000000174. The standard InChI is InChI=1S/C29H31FN4O4Si.C24H27BrFN3O4Si.C23H17FN4O3.C9H4.B9/c1-39(2,3)15-14-38-19-34-27(36)29(32-28(34)37,18-33-17-22-6-9-24(30)16-25(22)26(33)35)23-7-4-20(5-8-23)21-10-12-31-13-11-21;1-34(2,3)11-10-33-15-29-22(31)24(27-23(29)32,17-5-7-18(25)8-6-17)14-28-13-16-4-9-19(26)12-20(16)21(28)30;24-18-6-3-16-12-28(20(29)19(16)11-18)13-23(21(30)26-22(31)27-23)17-4-1-14(2-5-17)15-7-9-25-10-8-15;1-3-5-7-9-8-6-4-2;1-6-9(7(2)3)8(4)5/h4-13,16H,14-15,17-19H2,1-3H3,(H,32,37);4-9,12H,10-11,13-15H2,1-3H3,(H,27,32);1-11H,12-13H2,(H2,26,27,30,31);1-2H2;/t29-;24-;23-;;/m000../s1. The number of hydrogen-bond donors (Lipinski definition) is 4. The Morgan fingerprint density at radius 1 is 0.475 bits per heavy atom. The van der Waals surface area contributed by atoms with Gasteiger partial charge in [-0.15, -0.1) is 0 Å². The number of imide groups is 3. The molecule has 12 amide bonds. The van der Waals surface area contributed by atoms with Gasteiger partial charge in [0, 0.05) is 160 Å². The van der Waals surface area contributed by atoms with Gasteiger partial charge < -0.3 is 40.1 Å². The predicted molar refractivity (Wildman–Crippen MR) is 475 cm³/mol. The van der Waals surface area contributed by atoms with Crippen molar-refractivity contribution in [3.63, 3.8) is 0 Å². The quantitative estimate of drug-likeness (QED) is 0.0190. The van der Waals surface area contributed by atoms with Crippen LogP contribution in [0, 0.1) is 17.5 Å². The maximum Gasteiger partial charge on any atom is 0.327 e. The number of urea groups is 3. The van der Waals surface area contributed by atoms with Gasteiger partial charge in [-0.25, -0.2) is 37.4 Å². The maximum atomic E-state index is 14.0. The molecule has 8 aromatic rings. The van der Waals surface area contributed by atoms with E-state index in [1.807, 2.05) is 48.5 Å². The second-order valence-electron chi connectivity index (χ2n) is 31.6. The van der Waals surface area contributed by atoms with Gasteiger partial charge in [-0.2, -0.15) is 0 Å². The Morgan fingerprint density at radius 3 is 1.11 bits per heavy atom. The second-order valence-corrected chi connectivity index (χ2v) is 43.7. The lowest BCUT2D eigenvalue weighted by molar-refractivity contribution is -0.136. The smallest absolute Gasteiger partial charge is 0.327 e. The van der Waals surface area contributed by atoms with Gasteiger partial charge in [-0.1, -0.05) is 146 Å². The number of halogens is 4. The third-order valence-corrected chi connectivity index (χ3v) is 24.5. The highest BCUT2D eigenvalue weighted by Gasteiger charge is 2.57. The molecule has 6 aliphatic rings. The average Bonchev–Trinajstić information content (AvgIpc) is 1.65. The molecule has 603 valence electrons. The molecule has 6 aromatic carbocycles. The molecule has 0 unspecified atom stereocenters. The molecule has 22 nitrogen and oxygen atoms in total. The molecule has 0 aliphatic carbocycles. The van der Waals surface area contributed by atoms with E-state index in [0.717, 1.165) is 48.6 Å². The van der Waals surface area contributed by atoms with Crippen LogP contribution in [-0.4, -0.2) is 215 Å². The van der Waals surface area contributed by atoms with Crippen molar-refractivity contribution in [2.24, 2.45) is 0 Å². The van der Waals surface area contributed by atoms with E-state index in [1.54, 1.807) is 91.5 Å². The van der Waals surface area contributed by atoms with Crippen molar-refractivity contribution in [3.8, 4) is 22.3 Å². The van der Waals surface area contributed by atoms with Gasteiger partial charge in [0.15, 0.2) is 16.6 Å². The highest BCUT2D eigenvalue weighted by molar-refractivity contribution is 9.10. The Morgan fingerprint density at radius 2 is 0.803 bits per heavy atom. The number of amides is 12. The SMILES string of the molecule is C=C=C=C=C=C=C=C=C.C[Si](C)(C)CCOCN1C(=O)N[C@@](CN2Cc3ccc(F)cc3C2=O)(c2ccc(-c3ccncc3)cc2)C1=O.C[Si](C)(C)CCOCN1C(=O)N[C@@](CN2Cc3ccc(F)cc3C2=O)(c2ccc(Br)cc2)C1=O.O=C1NC(=O)[C@](CN2Cc3ccc(F)cc3C2=O)(c2ccc(-c3ccncc3)cc2)N1.[B][B]B(B([B])[B])B([B])[B]. The number of nitrogens with zero attached hydrogens (tertiary/aromatic N) is 7. The summed E-state index contributed by atoms with van der Waals surface area (Å²) in [5.41, 5.74) is 20.8. The normalized spacial score (nSPS) is 17.6. The van der Waals surface area contributed by atoms with E-state index in [4.69, 9.17) is 48.2 Å². The summed E-state index contributed by atoms with van der Waals surface area (Å²) in [6.07, 6.45) is 5.31. The van der Waals surface area contributed by atoms with Crippen LogP contribution in [0.4, 0.5) is 27.6 Å². The van der Waals surface area contributed by atoms with Gasteiger partial charge in [0.25, 0.3) is 35.4 Å². The first-order valence-corrected chi connectivity index (χ1v) is 46.7. The number of rotatable bonds is 24. The van der Waals surface area contributed by atoms with Crippen molar-refractivity contribution in [1.82, 2.24) is 55.7 Å². The van der Waals surface area contributed by atoms with Gasteiger partial charge in [0.05, 0.1) is 19.6 Å². The molecule has 14 rings (SSSR count). The topological polar surface area (TPSA) is 262 Å². The minimum absolute atomic E-state index is 0.0751. The van der Waals surface area contributed by atoms with Gasteiger partial charge >= 0.3 is 18.1 Å². The zero-order chi connectivity index (χ0) is 88.4. The molecule has 11 radical (unpaired) electrons. The van der Waals surface area contributed by atoms with Crippen molar-refractivity contribution < 1.29 is 65.8 Å². The molecule has 3 fully saturated rings. The lowest BCUT2D eigenvalue weighted by Gasteiger charge is -2.32. The van der Waals surface area contributed by atoms with Crippen molar-refractivity contribution >= 4 is 151 Å².